The van der Waals surface area contributed by atoms with Gasteiger partial charge >= 0.3 is 0 Å². The Kier molecular flexibility index (Phi) is 4.26. The highest BCUT2D eigenvalue weighted by molar-refractivity contribution is 7.09. The van der Waals surface area contributed by atoms with Gasteiger partial charge in [0.1, 0.15) is 5.82 Å². The molecule has 0 radical (unpaired) electrons. The zero-order valence-corrected chi connectivity index (χ0v) is 14.7. The maximum absolute atomic E-state index is 12.7. The standard InChI is InChI=1S/C17H26N4OS/c1-12-18-17(23-19-12)21-6-2-5-20(7-8-21)16(22)11-15-10-13-3-4-14(15)9-13/h13-15H,2-11H2,1H3/t13-,14-,15+/m1/s1. The lowest BCUT2D eigenvalue weighted by Gasteiger charge is -2.26. The van der Waals surface area contributed by atoms with Crippen LogP contribution in [0, 0.1) is 24.7 Å². The summed E-state index contributed by atoms with van der Waals surface area (Å²) in [4.78, 5) is 21.6. The van der Waals surface area contributed by atoms with Crippen molar-refractivity contribution >= 4 is 22.6 Å². The van der Waals surface area contributed by atoms with Crippen LogP contribution < -0.4 is 4.90 Å². The molecule has 2 bridgehead atoms. The highest BCUT2D eigenvalue weighted by Crippen LogP contribution is 2.49. The summed E-state index contributed by atoms with van der Waals surface area (Å²) >= 11 is 1.47. The van der Waals surface area contributed by atoms with Gasteiger partial charge in [0.25, 0.3) is 0 Å². The molecule has 1 aromatic heterocycles. The molecule has 0 aromatic carbocycles. The second kappa shape index (κ2) is 6.38. The normalized spacial score (nSPS) is 30.7. The molecule has 2 saturated carbocycles. The fourth-order valence-corrected chi connectivity index (χ4v) is 5.48. The molecule has 2 heterocycles. The lowest BCUT2D eigenvalue weighted by molar-refractivity contribution is -0.132. The highest BCUT2D eigenvalue weighted by atomic mass is 32.1. The van der Waals surface area contributed by atoms with E-state index in [9.17, 15) is 4.79 Å². The average Bonchev–Trinajstić information content (AvgIpc) is 3.21. The molecule has 1 saturated heterocycles. The van der Waals surface area contributed by atoms with E-state index in [2.05, 4.69) is 19.2 Å². The van der Waals surface area contributed by atoms with E-state index in [1.54, 1.807) is 0 Å². The minimum atomic E-state index is 0.387. The minimum Gasteiger partial charge on any atom is -0.345 e. The van der Waals surface area contributed by atoms with Crippen molar-refractivity contribution in [2.45, 2.75) is 45.4 Å². The van der Waals surface area contributed by atoms with Crippen LogP contribution in [0.25, 0.3) is 0 Å². The van der Waals surface area contributed by atoms with Gasteiger partial charge in [0.05, 0.1) is 0 Å². The van der Waals surface area contributed by atoms with Gasteiger partial charge in [-0.2, -0.15) is 4.37 Å². The zero-order chi connectivity index (χ0) is 15.8. The third-order valence-corrected chi connectivity index (χ3v) is 6.83. The number of nitrogens with zero attached hydrogens (tertiary/aromatic N) is 4. The van der Waals surface area contributed by atoms with Crippen LogP contribution in [-0.4, -0.2) is 46.3 Å². The maximum atomic E-state index is 12.7. The van der Waals surface area contributed by atoms with Crippen LogP contribution in [-0.2, 0) is 4.79 Å². The third kappa shape index (κ3) is 3.23. The first-order valence-corrected chi connectivity index (χ1v) is 9.79. The molecule has 3 aliphatic rings. The molecule has 0 N–H and O–H groups in total. The molecule has 5 nitrogen and oxygen atoms in total. The molecule has 4 rings (SSSR count). The Labute approximate surface area is 142 Å². The molecule has 126 valence electrons. The smallest absolute Gasteiger partial charge is 0.222 e. The molecular weight excluding hydrogens is 308 g/mol. The summed E-state index contributed by atoms with van der Waals surface area (Å²) in [5, 5.41) is 1.00. The topological polar surface area (TPSA) is 49.3 Å². The molecule has 1 aromatic rings. The van der Waals surface area contributed by atoms with Crippen molar-refractivity contribution in [1.82, 2.24) is 14.3 Å². The summed E-state index contributed by atoms with van der Waals surface area (Å²) in [6.07, 6.45) is 7.30. The van der Waals surface area contributed by atoms with Gasteiger partial charge < -0.3 is 9.80 Å². The lowest BCUT2D eigenvalue weighted by atomic mass is 9.86. The first kappa shape index (κ1) is 15.4. The minimum absolute atomic E-state index is 0.387. The van der Waals surface area contributed by atoms with Crippen LogP contribution in [0.5, 0.6) is 0 Å². The van der Waals surface area contributed by atoms with Crippen LogP contribution >= 0.6 is 11.5 Å². The van der Waals surface area contributed by atoms with Crippen molar-refractivity contribution in [1.29, 1.82) is 0 Å². The van der Waals surface area contributed by atoms with Crippen molar-refractivity contribution in [3.8, 4) is 0 Å². The summed E-state index contributed by atoms with van der Waals surface area (Å²) < 4.78 is 4.28. The van der Waals surface area contributed by atoms with Crippen LogP contribution in [0.3, 0.4) is 0 Å². The Morgan fingerprint density at radius 2 is 2.13 bits per heavy atom. The first-order chi connectivity index (χ1) is 11.2. The first-order valence-electron chi connectivity index (χ1n) is 9.02. The predicted molar refractivity (Wildman–Crippen MR) is 91.6 cm³/mol. The fourth-order valence-electron chi connectivity index (χ4n) is 4.75. The van der Waals surface area contributed by atoms with E-state index in [-0.39, 0.29) is 0 Å². The van der Waals surface area contributed by atoms with Gasteiger partial charge in [0, 0.05) is 44.1 Å². The van der Waals surface area contributed by atoms with E-state index >= 15 is 0 Å². The van der Waals surface area contributed by atoms with E-state index in [1.165, 1.54) is 37.2 Å². The molecule has 1 aliphatic heterocycles. The summed E-state index contributed by atoms with van der Waals surface area (Å²) in [7, 11) is 0. The van der Waals surface area contributed by atoms with Crippen molar-refractivity contribution < 1.29 is 4.79 Å². The molecule has 23 heavy (non-hydrogen) atoms. The van der Waals surface area contributed by atoms with Gasteiger partial charge in [-0.15, -0.1) is 0 Å². The predicted octanol–water partition coefficient (Wildman–Crippen LogP) is 2.71. The molecule has 1 amide bonds. The molecule has 2 aliphatic carbocycles. The largest absolute Gasteiger partial charge is 0.345 e. The maximum Gasteiger partial charge on any atom is 0.222 e. The average molecular weight is 334 g/mol. The van der Waals surface area contributed by atoms with E-state index in [4.69, 9.17) is 0 Å². The van der Waals surface area contributed by atoms with E-state index in [1.807, 2.05) is 6.92 Å². The molecule has 3 fully saturated rings. The molecule has 0 spiro atoms. The van der Waals surface area contributed by atoms with Crippen molar-refractivity contribution in [2.75, 3.05) is 31.1 Å². The van der Waals surface area contributed by atoms with Gasteiger partial charge in [-0.3, -0.25) is 4.79 Å². The highest BCUT2D eigenvalue weighted by Gasteiger charge is 2.40. The van der Waals surface area contributed by atoms with E-state index < -0.39 is 0 Å². The SMILES string of the molecule is Cc1nsc(N2CCCN(C(=O)C[C@@H]3C[C@@H]4CC[C@@H]3C4)CC2)n1. The van der Waals surface area contributed by atoms with E-state index in [0.29, 0.717) is 11.8 Å². The molecular formula is C17H26N4OS. The number of hydrogen-bond acceptors (Lipinski definition) is 5. The number of carbonyl (C=O) groups excluding carboxylic acids is 1. The van der Waals surface area contributed by atoms with Crippen LogP contribution in [0.2, 0.25) is 0 Å². The van der Waals surface area contributed by atoms with Gasteiger partial charge in [0.2, 0.25) is 11.0 Å². The Bertz CT molecular complexity index is 575. The third-order valence-electron chi connectivity index (χ3n) is 5.96. The van der Waals surface area contributed by atoms with Gasteiger partial charge in [-0.25, -0.2) is 4.98 Å². The van der Waals surface area contributed by atoms with Crippen LogP contribution in [0.1, 0.15) is 44.3 Å². The Hall–Kier alpha value is -1.17. The number of rotatable bonds is 3. The fraction of sp³-hybridized carbons (Fsp3) is 0.824. The Morgan fingerprint density at radius 1 is 1.22 bits per heavy atom. The summed E-state index contributed by atoms with van der Waals surface area (Å²) in [6, 6.07) is 0. The van der Waals surface area contributed by atoms with Crippen LogP contribution in [0.4, 0.5) is 5.13 Å². The lowest BCUT2D eigenvalue weighted by Crippen LogP contribution is -2.36. The molecule has 6 heteroatoms. The second-order valence-corrected chi connectivity index (χ2v) is 8.21. The number of aryl methyl sites for hydroxylation is 1. The summed E-state index contributed by atoms with van der Waals surface area (Å²) in [6.45, 7) is 5.53. The zero-order valence-electron chi connectivity index (χ0n) is 13.9. The van der Waals surface area contributed by atoms with Gasteiger partial charge in [0.15, 0.2) is 0 Å². The summed E-state index contributed by atoms with van der Waals surface area (Å²) in [5.74, 6) is 3.68. The number of amides is 1. The van der Waals surface area contributed by atoms with Crippen molar-refractivity contribution in [3.05, 3.63) is 5.82 Å². The van der Waals surface area contributed by atoms with Crippen molar-refractivity contribution in [3.63, 3.8) is 0 Å². The van der Waals surface area contributed by atoms with Crippen LogP contribution in [0.15, 0.2) is 0 Å². The van der Waals surface area contributed by atoms with Gasteiger partial charge in [-0.05, 0) is 50.4 Å². The molecule has 0 unspecified atom stereocenters. The monoisotopic (exact) mass is 334 g/mol. The molecule has 3 atom stereocenters. The number of fused-ring (bicyclic) bond motifs is 2. The van der Waals surface area contributed by atoms with Crippen molar-refractivity contribution in [2.24, 2.45) is 17.8 Å². The number of carbonyl (C=O) groups is 1. The Balaban J connectivity index is 1.32. The van der Waals surface area contributed by atoms with E-state index in [0.717, 1.165) is 61.8 Å². The quantitative estimate of drug-likeness (QED) is 0.853. The number of hydrogen-bond donors (Lipinski definition) is 0. The second-order valence-electron chi connectivity index (χ2n) is 7.48. The van der Waals surface area contributed by atoms with Gasteiger partial charge in [-0.1, -0.05) is 6.42 Å². The number of aromatic nitrogens is 2. The summed E-state index contributed by atoms with van der Waals surface area (Å²) in [5.41, 5.74) is 0. The Morgan fingerprint density at radius 3 is 2.83 bits per heavy atom. The number of anilines is 1.